The Kier molecular flexibility index (Phi) is 19.1. The Bertz CT molecular complexity index is 251. The van der Waals surface area contributed by atoms with E-state index in [1.54, 1.807) is 7.05 Å². The third-order valence-corrected chi connectivity index (χ3v) is 3.17. The Hall–Kier alpha value is 0.0500. The zero-order chi connectivity index (χ0) is 14.3. The second-order valence-electron chi connectivity index (χ2n) is 4.61. The summed E-state index contributed by atoms with van der Waals surface area (Å²) < 4.78 is 5.52. The third-order valence-electron chi connectivity index (χ3n) is 2.21. The zero-order valence-corrected chi connectivity index (χ0v) is 16.1. The number of halogens is 1. The van der Waals surface area contributed by atoms with Gasteiger partial charge in [-0.25, -0.2) is 0 Å². The molecule has 0 aromatic heterocycles. The van der Waals surface area contributed by atoms with Crippen LogP contribution < -0.4 is 10.6 Å². The molecule has 0 amide bonds. The minimum atomic E-state index is 0. The van der Waals surface area contributed by atoms with Crippen molar-refractivity contribution in [1.29, 1.82) is 0 Å². The van der Waals surface area contributed by atoms with Gasteiger partial charge in [-0.3, -0.25) is 4.99 Å². The van der Waals surface area contributed by atoms with E-state index < -0.39 is 0 Å². The normalized spacial score (nSPS) is 11.1. The predicted molar refractivity (Wildman–Crippen MR) is 103 cm³/mol. The molecule has 0 rings (SSSR count). The Labute approximate surface area is 145 Å². The van der Waals surface area contributed by atoms with Gasteiger partial charge in [0.15, 0.2) is 5.96 Å². The van der Waals surface area contributed by atoms with E-state index >= 15 is 0 Å². The molecule has 0 aromatic carbocycles. The third kappa shape index (κ3) is 16.1. The van der Waals surface area contributed by atoms with Crippen molar-refractivity contribution in [3.8, 4) is 0 Å². The molecule has 0 spiro atoms. The summed E-state index contributed by atoms with van der Waals surface area (Å²) in [6.07, 6.45) is 2.92. The van der Waals surface area contributed by atoms with Gasteiger partial charge in [-0.15, -0.1) is 30.6 Å². The first-order valence-corrected chi connectivity index (χ1v) is 8.07. The van der Waals surface area contributed by atoms with Gasteiger partial charge < -0.3 is 15.4 Å². The SMILES string of the molecule is C=CCSCCNC(=NC)NCCCOCC(C)C.I. The fourth-order valence-electron chi connectivity index (χ4n) is 1.33. The number of nitrogens with zero attached hydrogens (tertiary/aromatic N) is 1. The van der Waals surface area contributed by atoms with Gasteiger partial charge in [0.25, 0.3) is 0 Å². The van der Waals surface area contributed by atoms with Crippen molar-refractivity contribution in [1.82, 2.24) is 10.6 Å². The van der Waals surface area contributed by atoms with Crippen molar-refractivity contribution in [2.24, 2.45) is 10.9 Å². The average Bonchev–Trinajstić information content (AvgIpc) is 2.39. The fraction of sp³-hybridized carbons (Fsp3) is 0.786. The van der Waals surface area contributed by atoms with Crippen molar-refractivity contribution in [2.45, 2.75) is 20.3 Å². The highest BCUT2D eigenvalue weighted by atomic mass is 127. The molecule has 0 heterocycles. The molecule has 2 N–H and O–H groups in total. The lowest BCUT2D eigenvalue weighted by Gasteiger charge is -2.12. The van der Waals surface area contributed by atoms with Gasteiger partial charge in [-0.05, 0) is 12.3 Å². The van der Waals surface area contributed by atoms with Crippen molar-refractivity contribution in [2.75, 3.05) is 44.9 Å². The van der Waals surface area contributed by atoms with E-state index in [0.717, 1.165) is 50.2 Å². The van der Waals surface area contributed by atoms with E-state index in [1.165, 1.54) is 0 Å². The molecule has 0 aliphatic carbocycles. The van der Waals surface area contributed by atoms with E-state index in [2.05, 4.69) is 36.1 Å². The Morgan fingerprint density at radius 3 is 2.65 bits per heavy atom. The summed E-state index contributed by atoms with van der Waals surface area (Å²) in [4.78, 5) is 4.18. The van der Waals surface area contributed by atoms with Crippen LogP contribution in [0.25, 0.3) is 0 Å². The average molecular weight is 415 g/mol. The minimum Gasteiger partial charge on any atom is -0.381 e. The van der Waals surface area contributed by atoms with Gasteiger partial charge in [-0.2, -0.15) is 11.8 Å². The van der Waals surface area contributed by atoms with E-state index in [-0.39, 0.29) is 24.0 Å². The van der Waals surface area contributed by atoms with Crippen molar-refractivity contribution in [3.05, 3.63) is 12.7 Å². The molecule has 20 heavy (non-hydrogen) atoms. The predicted octanol–water partition coefficient (Wildman–Crippen LogP) is 2.75. The standard InChI is InChI=1S/C14H29N3OS.HI/c1-5-10-19-11-8-17-14(15-4)16-7-6-9-18-12-13(2)3;/h5,13H,1,6-12H2,2-4H3,(H2,15,16,17);1H. The van der Waals surface area contributed by atoms with Crippen LogP contribution in [0, 0.1) is 5.92 Å². The van der Waals surface area contributed by atoms with Gasteiger partial charge in [0.1, 0.15) is 0 Å². The maximum absolute atomic E-state index is 5.52. The first-order chi connectivity index (χ1) is 9.20. The van der Waals surface area contributed by atoms with Gasteiger partial charge in [0.05, 0.1) is 0 Å². The molecule has 0 fully saturated rings. The molecular formula is C14H30IN3OS. The van der Waals surface area contributed by atoms with Crippen molar-refractivity contribution >= 4 is 41.7 Å². The molecule has 0 bridgehead atoms. The Balaban J connectivity index is 0. The lowest BCUT2D eigenvalue weighted by Crippen LogP contribution is -2.39. The van der Waals surface area contributed by atoms with Crippen LogP contribution in [-0.4, -0.2) is 50.8 Å². The highest BCUT2D eigenvalue weighted by molar-refractivity contribution is 14.0. The van der Waals surface area contributed by atoms with E-state index in [0.29, 0.717) is 5.92 Å². The van der Waals surface area contributed by atoms with Gasteiger partial charge >= 0.3 is 0 Å². The summed E-state index contributed by atoms with van der Waals surface area (Å²) in [5.74, 6) is 3.53. The molecular weight excluding hydrogens is 385 g/mol. The smallest absolute Gasteiger partial charge is 0.191 e. The number of rotatable bonds is 11. The quantitative estimate of drug-likeness (QED) is 0.179. The van der Waals surface area contributed by atoms with Crippen LogP contribution in [0.1, 0.15) is 20.3 Å². The first-order valence-electron chi connectivity index (χ1n) is 6.91. The number of hydrogen-bond acceptors (Lipinski definition) is 3. The second kappa shape index (κ2) is 17.1. The maximum Gasteiger partial charge on any atom is 0.191 e. The maximum atomic E-state index is 5.52. The molecule has 0 aromatic rings. The summed E-state index contributed by atoms with van der Waals surface area (Å²) in [7, 11) is 1.79. The van der Waals surface area contributed by atoms with Crippen LogP contribution in [-0.2, 0) is 4.74 Å². The highest BCUT2D eigenvalue weighted by Crippen LogP contribution is 1.96. The topological polar surface area (TPSA) is 45.7 Å². The van der Waals surface area contributed by atoms with E-state index in [9.17, 15) is 0 Å². The first kappa shape index (κ1) is 22.3. The van der Waals surface area contributed by atoms with Crippen molar-refractivity contribution < 1.29 is 4.74 Å². The molecule has 6 heteroatoms. The molecule has 0 saturated carbocycles. The number of guanidine groups is 1. The molecule has 0 aliphatic rings. The Morgan fingerprint density at radius 2 is 2.05 bits per heavy atom. The highest BCUT2D eigenvalue weighted by Gasteiger charge is 1.97. The zero-order valence-electron chi connectivity index (χ0n) is 13.0. The number of hydrogen-bond donors (Lipinski definition) is 2. The molecule has 0 aliphatic heterocycles. The van der Waals surface area contributed by atoms with Gasteiger partial charge in [0, 0.05) is 44.9 Å². The van der Waals surface area contributed by atoms with Crippen LogP contribution >= 0.6 is 35.7 Å². The van der Waals surface area contributed by atoms with Crippen LogP contribution in [0.4, 0.5) is 0 Å². The summed E-state index contributed by atoms with van der Waals surface area (Å²) in [6, 6.07) is 0. The lowest BCUT2D eigenvalue weighted by atomic mass is 10.2. The van der Waals surface area contributed by atoms with Crippen LogP contribution in [0.3, 0.4) is 0 Å². The molecule has 0 atom stereocenters. The monoisotopic (exact) mass is 415 g/mol. The number of aliphatic imine (C=N–C) groups is 1. The minimum absolute atomic E-state index is 0. The van der Waals surface area contributed by atoms with E-state index in [1.807, 2.05) is 17.8 Å². The number of ether oxygens (including phenoxy) is 1. The number of nitrogens with one attached hydrogen (secondary N) is 2. The summed E-state index contributed by atoms with van der Waals surface area (Å²) in [5.41, 5.74) is 0. The van der Waals surface area contributed by atoms with Gasteiger partial charge in [-0.1, -0.05) is 19.9 Å². The summed E-state index contributed by atoms with van der Waals surface area (Å²) in [6.45, 7) is 11.5. The molecule has 0 saturated heterocycles. The molecule has 120 valence electrons. The second-order valence-corrected chi connectivity index (χ2v) is 5.76. The van der Waals surface area contributed by atoms with Crippen molar-refractivity contribution in [3.63, 3.8) is 0 Å². The molecule has 0 unspecified atom stereocenters. The van der Waals surface area contributed by atoms with Crippen LogP contribution in [0.15, 0.2) is 17.6 Å². The van der Waals surface area contributed by atoms with E-state index in [4.69, 9.17) is 4.74 Å². The lowest BCUT2D eigenvalue weighted by molar-refractivity contribution is 0.108. The molecule has 4 nitrogen and oxygen atoms in total. The van der Waals surface area contributed by atoms with Crippen LogP contribution in [0.5, 0.6) is 0 Å². The van der Waals surface area contributed by atoms with Crippen LogP contribution in [0.2, 0.25) is 0 Å². The Morgan fingerprint density at radius 1 is 1.35 bits per heavy atom. The van der Waals surface area contributed by atoms with Gasteiger partial charge in [0.2, 0.25) is 0 Å². The summed E-state index contributed by atoms with van der Waals surface area (Å²) >= 11 is 1.86. The number of thioether (sulfide) groups is 1. The molecule has 0 radical (unpaired) electrons. The summed E-state index contributed by atoms with van der Waals surface area (Å²) in [5, 5.41) is 6.56. The fourth-order valence-corrected chi connectivity index (χ4v) is 1.91. The largest absolute Gasteiger partial charge is 0.381 e.